The molecule has 0 aromatic carbocycles. The van der Waals surface area contributed by atoms with E-state index < -0.39 is 25.1 Å². The fourth-order valence-electron chi connectivity index (χ4n) is 2.29. The number of nitrogens with one attached hydrogen (secondary N) is 2. The van der Waals surface area contributed by atoms with Gasteiger partial charge in [-0.3, -0.25) is 0 Å². The van der Waals surface area contributed by atoms with Crippen molar-refractivity contribution in [2.24, 2.45) is 0 Å². The maximum atomic E-state index is 12.0. The van der Waals surface area contributed by atoms with Gasteiger partial charge in [0.05, 0.1) is 16.8 Å². The van der Waals surface area contributed by atoms with E-state index in [1.807, 2.05) is 0 Å². The minimum absolute atomic E-state index is 0.0124. The van der Waals surface area contributed by atoms with Crippen LogP contribution in [0, 0.1) is 0 Å². The van der Waals surface area contributed by atoms with Gasteiger partial charge in [-0.2, -0.15) is 0 Å². The fraction of sp³-hybridized carbons (Fsp3) is 1.00. The summed E-state index contributed by atoms with van der Waals surface area (Å²) >= 11 is 0. The highest BCUT2D eigenvalue weighted by Gasteiger charge is 2.38. The van der Waals surface area contributed by atoms with E-state index in [1.54, 1.807) is 0 Å². The fourth-order valence-corrected chi connectivity index (χ4v) is 6.60. The molecule has 2 aliphatic heterocycles. The van der Waals surface area contributed by atoms with Crippen LogP contribution in [0.4, 0.5) is 0 Å². The van der Waals surface area contributed by atoms with Crippen molar-refractivity contribution in [2.75, 3.05) is 24.6 Å². The number of rotatable bonds is 3. The molecule has 0 spiro atoms. The SMILES string of the molecule is O=S1(=O)CCC(S(=O)(=O)NC2CCCNC2)C1. The zero-order valence-corrected chi connectivity index (χ0v) is 11.2. The number of hydrogen-bond donors (Lipinski definition) is 2. The first-order chi connectivity index (χ1) is 7.89. The molecule has 6 nitrogen and oxygen atoms in total. The molecule has 8 heteroatoms. The van der Waals surface area contributed by atoms with Crippen molar-refractivity contribution in [3.63, 3.8) is 0 Å². The summed E-state index contributed by atoms with van der Waals surface area (Å²) < 4.78 is 49.1. The van der Waals surface area contributed by atoms with Gasteiger partial charge in [0.1, 0.15) is 0 Å². The zero-order valence-electron chi connectivity index (χ0n) is 9.55. The Bertz CT molecular complexity index is 465. The van der Waals surface area contributed by atoms with Gasteiger partial charge < -0.3 is 5.32 Å². The Labute approximate surface area is 102 Å². The lowest BCUT2D eigenvalue weighted by Gasteiger charge is -2.25. The maximum absolute atomic E-state index is 12.0. The highest BCUT2D eigenvalue weighted by Crippen LogP contribution is 2.19. The Morgan fingerprint density at radius 2 is 2.00 bits per heavy atom. The van der Waals surface area contributed by atoms with Gasteiger partial charge in [0, 0.05) is 12.6 Å². The average molecular weight is 282 g/mol. The first kappa shape index (κ1) is 13.3. The summed E-state index contributed by atoms with van der Waals surface area (Å²) in [5.41, 5.74) is 0. The molecule has 2 N–H and O–H groups in total. The molecule has 2 saturated heterocycles. The van der Waals surface area contributed by atoms with Crippen molar-refractivity contribution in [1.29, 1.82) is 0 Å². The molecule has 2 unspecified atom stereocenters. The Kier molecular flexibility index (Phi) is 3.77. The Hall–Kier alpha value is -0.180. The van der Waals surface area contributed by atoms with Crippen molar-refractivity contribution < 1.29 is 16.8 Å². The summed E-state index contributed by atoms with van der Waals surface area (Å²) in [4.78, 5) is 0. The summed E-state index contributed by atoms with van der Waals surface area (Å²) in [6, 6.07) is -0.0999. The molecule has 2 aliphatic rings. The summed E-state index contributed by atoms with van der Waals surface area (Å²) in [6.45, 7) is 1.54. The summed E-state index contributed by atoms with van der Waals surface area (Å²) in [7, 11) is -6.65. The lowest BCUT2D eigenvalue weighted by atomic mass is 10.1. The average Bonchev–Trinajstić information content (AvgIpc) is 2.60. The zero-order chi connectivity index (χ0) is 12.5. The standard InChI is InChI=1S/C9H18N2O4S2/c12-16(13)5-3-9(7-16)17(14,15)11-8-2-1-4-10-6-8/h8-11H,1-7H2. The van der Waals surface area contributed by atoms with Crippen LogP contribution in [0.15, 0.2) is 0 Å². The van der Waals surface area contributed by atoms with Crippen molar-refractivity contribution >= 4 is 19.9 Å². The first-order valence-electron chi connectivity index (χ1n) is 5.81. The van der Waals surface area contributed by atoms with Crippen molar-refractivity contribution in [3.05, 3.63) is 0 Å². The Morgan fingerprint density at radius 3 is 2.53 bits per heavy atom. The topological polar surface area (TPSA) is 92.3 Å². The van der Waals surface area contributed by atoms with E-state index >= 15 is 0 Å². The molecule has 0 aromatic rings. The molecule has 0 saturated carbocycles. The third-order valence-corrected chi connectivity index (χ3v) is 7.18. The van der Waals surface area contributed by atoms with Crippen molar-refractivity contribution in [1.82, 2.24) is 10.0 Å². The van der Waals surface area contributed by atoms with Crippen molar-refractivity contribution in [3.8, 4) is 0 Å². The highest BCUT2D eigenvalue weighted by molar-refractivity contribution is 7.95. The van der Waals surface area contributed by atoms with E-state index in [2.05, 4.69) is 10.0 Å². The predicted octanol–water partition coefficient (Wildman–Crippen LogP) is -1.16. The third kappa shape index (κ3) is 3.40. The summed E-state index contributed by atoms with van der Waals surface area (Å²) in [5, 5.41) is 2.35. The van der Waals surface area contributed by atoms with Crippen LogP contribution in [0.3, 0.4) is 0 Å². The second kappa shape index (κ2) is 4.83. The maximum Gasteiger partial charge on any atom is 0.215 e. The Morgan fingerprint density at radius 1 is 1.24 bits per heavy atom. The van der Waals surface area contributed by atoms with Gasteiger partial charge in [-0.15, -0.1) is 0 Å². The lowest BCUT2D eigenvalue weighted by molar-refractivity contribution is 0.427. The molecule has 2 fully saturated rings. The van der Waals surface area contributed by atoms with Gasteiger partial charge in [-0.05, 0) is 25.8 Å². The molecule has 0 bridgehead atoms. The van der Waals surface area contributed by atoms with Crippen LogP contribution >= 0.6 is 0 Å². The van der Waals surface area contributed by atoms with Crippen LogP contribution < -0.4 is 10.0 Å². The molecule has 0 radical (unpaired) electrons. The van der Waals surface area contributed by atoms with Crippen LogP contribution in [-0.4, -0.2) is 52.7 Å². The van der Waals surface area contributed by atoms with Gasteiger partial charge in [0.2, 0.25) is 10.0 Å². The minimum atomic E-state index is -3.50. The molecule has 0 amide bonds. The van der Waals surface area contributed by atoms with E-state index in [1.165, 1.54) is 0 Å². The van der Waals surface area contributed by atoms with Gasteiger partial charge >= 0.3 is 0 Å². The van der Waals surface area contributed by atoms with E-state index in [0.717, 1.165) is 19.4 Å². The number of sulfonamides is 1. The van der Waals surface area contributed by atoms with Gasteiger partial charge in [0.25, 0.3) is 0 Å². The largest absolute Gasteiger partial charge is 0.315 e. The molecule has 17 heavy (non-hydrogen) atoms. The van der Waals surface area contributed by atoms with Crippen LogP contribution in [0.1, 0.15) is 19.3 Å². The summed E-state index contributed by atoms with van der Waals surface area (Å²) in [6.07, 6.45) is 1.97. The molecule has 2 atom stereocenters. The Balaban J connectivity index is 1.99. The van der Waals surface area contributed by atoms with Crippen LogP contribution in [0.25, 0.3) is 0 Å². The van der Waals surface area contributed by atoms with E-state index in [4.69, 9.17) is 0 Å². The van der Waals surface area contributed by atoms with Crippen molar-refractivity contribution in [2.45, 2.75) is 30.6 Å². The van der Waals surface area contributed by atoms with Gasteiger partial charge in [-0.25, -0.2) is 21.6 Å². The smallest absolute Gasteiger partial charge is 0.215 e. The predicted molar refractivity (Wildman–Crippen MR) is 65.0 cm³/mol. The molecule has 100 valence electrons. The number of hydrogen-bond acceptors (Lipinski definition) is 5. The van der Waals surface area contributed by atoms with Gasteiger partial charge in [0.15, 0.2) is 9.84 Å². The second-order valence-electron chi connectivity index (χ2n) is 4.73. The molecule has 0 aliphatic carbocycles. The highest BCUT2D eigenvalue weighted by atomic mass is 32.2. The second-order valence-corrected chi connectivity index (χ2v) is 8.95. The number of sulfone groups is 1. The van der Waals surface area contributed by atoms with Crippen LogP contribution in [-0.2, 0) is 19.9 Å². The normalized spacial score (nSPS) is 33.6. The van der Waals surface area contributed by atoms with E-state index in [-0.39, 0.29) is 24.0 Å². The molecule has 0 aromatic heterocycles. The van der Waals surface area contributed by atoms with Gasteiger partial charge in [-0.1, -0.05) is 0 Å². The lowest BCUT2D eigenvalue weighted by Crippen LogP contribution is -2.48. The van der Waals surface area contributed by atoms with Crippen LogP contribution in [0.2, 0.25) is 0 Å². The monoisotopic (exact) mass is 282 g/mol. The molecule has 2 heterocycles. The van der Waals surface area contributed by atoms with E-state index in [0.29, 0.717) is 6.54 Å². The molecule has 2 rings (SSSR count). The third-order valence-electron chi connectivity index (χ3n) is 3.26. The first-order valence-corrected chi connectivity index (χ1v) is 9.18. The summed E-state index contributed by atoms with van der Waals surface area (Å²) in [5.74, 6) is -0.246. The molecular formula is C9H18N2O4S2. The van der Waals surface area contributed by atoms with E-state index in [9.17, 15) is 16.8 Å². The number of piperidine rings is 1. The minimum Gasteiger partial charge on any atom is -0.315 e. The quantitative estimate of drug-likeness (QED) is 0.681. The molecular weight excluding hydrogens is 264 g/mol. The van der Waals surface area contributed by atoms with Crippen LogP contribution in [0.5, 0.6) is 0 Å².